The average molecular weight is 329 g/mol. The first kappa shape index (κ1) is 16.7. The van der Waals surface area contributed by atoms with E-state index in [0.717, 1.165) is 12.0 Å². The summed E-state index contributed by atoms with van der Waals surface area (Å²) < 4.78 is 27.1. The molecule has 2 heterocycles. The summed E-state index contributed by atoms with van der Waals surface area (Å²) in [5.41, 5.74) is 2.11. The zero-order valence-electron chi connectivity index (χ0n) is 13.0. The van der Waals surface area contributed by atoms with Gasteiger partial charge in [0.25, 0.3) is 0 Å². The molecule has 0 aromatic carbocycles. The number of aliphatic hydroxyl groups excluding tert-OH is 1. The van der Waals surface area contributed by atoms with Crippen molar-refractivity contribution in [3.63, 3.8) is 0 Å². The summed E-state index contributed by atoms with van der Waals surface area (Å²) in [4.78, 5) is 0.820. The van der Waals surface area contributed by atoms with Gasteiger partial charge in [-0.15, -0.1) is 11.3 Å². The fourth-order valence-electron chi connectivity index (χ4n) is 2.62. The molecule has 0 atom stereocenters. The van der Waals surface area contributed by atoms with Crippen LogP contribution in [0.15, 0.2) is 21.9 Å². The van der Waals surface area contributed by atoms with E-state index in [1.807, 2.05) is 6.08 Å². The molecule has 1 aromatic heterocycles. The van der Waals surface area contributed by atoms with Crippen LogP contribution in [0.3, 0.4) is 0 Å². The second-order valence-corrected chi connectivity index (χ2v) is 9.26. The molecule has 1 aliphatic rings. The number of thiophene rings is 1. The van der Waals surface area contributed by atoms with Crippen molar-refractivity contribution >= 4 is 21.4 Å². The van der Waals surface area contributed by atoms with Gasteiger partial charge in [-0.05, 0) is 29.7 Å². The molecular weight excluding hydrogens is 306 g/mol. The Morgan fingerprint density at radius 2 is 2.05 bits per heavy atom. The highest BCUT2D eigenvalue weighted by Gasteiger charge is 2.32. The molecule has 21 heavy (non-hydrogen) atoms. The zero-order chi connectivity index (χ0) is 15.8. The van der Waals surface area contributed by atoms with Gasteiger partial charge in [0.1, 0.15) is 4.90 Å². The summed E-state index contributed by atoms with van der Waals surface area (Å²) >= 11 is 1.30. The van der Waals surface area contributed by atoms with E-state index >= 15 is 0 Å². The van der Waals surface area contributed by atoms with Crippen LogP contribution in [0.4, 0.5) is 0 Å². The van der Waals surface area contributed by atoms with Gasteiger partial charge < -0.3 is 5.11 Å². The molecule has 0 radical (unpaired) electrons. The molecule has 0 spiro atoms. The molecule has 0 bridgehead atoms. The number of aryl methyl sites for hydroxylation is 1. The van der Waals surface area contributed by atoms with Crippen LogP contribution in [-0.2, 0) is 16.6 Å². The third-order valence-electron chi connectivity index (χ3n) is 3.87. The van der Waals surface area contributed by atoms with Gasteiger partial charge in [0.15, 0.2) is 0 Å². The maximum absolute atomic E-state index is 12.8. The molecule has 0 fully saturated rings. The Kier molecular flexibility index (Phi) is 4.63. The summed E-state index contributed by atoms with van der Waals surface area (Å²) in [6, 6.07) is 0. The van der Waals surface area contributed by atoms with Crippen molar-refractivity contribution in [1.82, 2.24) is 4.31 Å². The van der Waals surface area contributed by atoms with E-state index in [1.165, 1.54) is 21.2 Å². The lowest BCUT2D eigenvalue weighted by Gasteiger charge is -2.31. The summed E-state index contributed by atoms with van der Waals surface area (Å²) in [6.45, 7) is 8.91. The lowest BCUT2D eigenvalue weighted by atomic mass is 9.83. The van der Waals surface area contributed by atoms with Gasteiger partial charge in [0.2, 0.25) is 10.0 Å². The third-order valence-corrected chi connectivity index (χ3v) is 7.18. The smallest absolute Gasteiger partial charge is 0.244 e. The highest BCUT2D eigenvalue weighted by molar-refractivity contribution is 7.89. The fourth-order valence-corrected chi connectivity index (χ4v) is 5.61. The number of hydrogen-bond acceptors (Lipinski definition) is 4. The van der Waals surface area contributed by atoms with Crippen LogP contribution in [-0.4, -0.2) is 30.9 Å². The molecule has 4 nitrogen and oxygen atoms in total. The predicted molar refractivity (Wildman–Crippen MR) is 85.9 cm³/mol. The molecule has 2 rings (SSSR count). The normalized spacial score (nSPS) is 17.9. The van der Waals surface area contributed by atoms with Gasteiger partial charge in [-0.25, -0.2) is 8.42 Å². The van der Waals surface area contributed by atoms with Crippen molar-refractivity contribution < 1.29 is 13.5 Å². The maximum Gasteiger partial charge on any atom is 0.244 e. The highest BCUT2D eigenvalue weighted by Crippen LogP contribution is 2.34. The van der Waals surface area contributed by atoms with Crippen LogP contribution in [0.5, 0.6) is 0 Å². The summed E-state index contributed by atoms with van der Waals surface area (Å²) in [6.07, 6.45) is 2.79. The third kappa shape index (κ3) is 3.23. The van der Waals surface area contributed by atoms with Gasteiger partial charge in [0.05, 0.1) is 11.5 Å². The lowest BCUT2D eigenvalue weighted by Crippen LogP contribution is -2.36. The topological polar surface area (TPSA) is 57.6 Å². The number of nitrogens with zero attached hydrogens (tertiary/aromatic N) is 1. The summed E-state index contributed by atoms with van der Waals surface area (Å²) in [5, 5.41) is 11.1. The molecule has 1 N–H and O–H groups in total. The van der Waals surface area contributed by atoms with Crippen molar-refractivity contribution in [3.8, 4) is 0 Å². The molecule has 6 heteroatoms. The molecule has 0 aliphatic carbocycles. The number of aliphatic hydroxyl groups is 1. The summed E-state index contributed by atoms with van der Waals surface area (Å²) in [7, 11) is -3.52. The van der Waals surface area contributed by atoms with Crippen LogP contribution >= 0.6 is 11.3 Å². The van der Waals surface area contributed by atoms with Crippen molar-refractivity contribution in [3.05, 3.63) is 27.5 Å². The van der Waals surface area contributed by atoms with Gasteiger partial charge >= 0.3 is 0 Å². The van der Waals surface area contributed by atoms with E-state index in [0.29, 0.717) is 22.9 Å². The minimum atomic E-state index is -3.52. The van der Waals surface area contributed by atoms with E-state index in [-0.39, 0.29) is 12.0 Å². The highest BCUT2D eigenvalue weighted by atomic mass is 32.2. The van der Waals surface area contributed by atoms with Gasteiger partial charge in [0, 0.05) is 13.1 Å². The average Bonchev–Trinajstić information content (AvgIpc) is 2.79. The first-order chi connectivity index (χ1) is 9.67. The van der Waals surface area contributed by atoms with Crippen LogP contribution in [0.2, 0.25) is 0 Å². The van der Waals surface area contributed by atoms with Crippen LogP contribution in [0.25, 0.3) is 0 Å². The quantitative estimate of drug-likeness (QED) is 0.868. The Labute approximate surface area is 131 Å². The predicted octanol–water partition coefficient (Wildman–Crippen LogP) is 2.92. The summed E-state index contributed by atoms with van der Waals surface area (Å²) in [5.74, 6) is 0. The number of sulfonamides is 1. The van der Waals surface area contributed by atoms with Gasteiger partial charge in [-0.3, -0.25) is 0 Å². The second kappa shape index (κ2) is 5.83. The maximum atomic E-state index is 12.8. The van der Waals surface area contributed by atoms with E-state index in [4.69, 9.17) is 0 Å². The monoisotopic (exact) mass is 329 g/mol. The van der Waals surface area contributed by atoms with Crippen LogP contribution in [0, 0.1) is 12.3 Å². The molecule has 0 saturated heterocycles. The largest absolute Gasteiger partial charge is 0.391 e. The molecule has 1 aromatic rings. The molecule has 0 amide bonds. The SMILES string of the molecule is Cc1csc(CO)c1S(=O)(=O)N1CC=C(C(C)(C)C)CC1. The van der Waals surface area contributed by atoms with Crippen molar-refractivity contribution in [1.29, 1.82) is 0 Å². The number of rotatable bonds is 3. The Morgan fingerprint density at radius 1 is 1.38 bits per heavy atom. The lowest BCUT2D eigenvalue weighted by molar-refractivity contribution is 0.282. The van der Waals surface area contributed by atoms with Crippen molar-refractivity contribution in [2.45, 2.75) is 45.6 Å². The minimum absolute atomic E-state index is 0.0877. The fraction of sp³-hybridized carbons (Fsp3) is 0.600. The van der Waals surface area contributed by atoms with E-state index < -0.39 is 10.0 Å². The van der Waals surface area contributed by atoms with Gasteiger partial charge in [-0.1, -0.05) is 32.4 Å². The molecule has 0 unspecified atom stereocenters. The Balaban J connectivity index is 2.31. The second-order valence-electron chi connectivity index (χ2n) is 6.42. The van der Waals surface area contributed by atoms with Crippen LogP contribution < -0.4 is 0 Å². The molecule has 0 saturated carbocycles. The Hall–Kier alpha value is -0.690. The van der Waals surface area contributed by atoms with E-state index in [1.54, 1.807) is 12.3 Å². The standard InChI is InChI=1S/C15H23NO3S2/c1-11-10-20-13(9-17)14(11)21(18,19)16-7-5-12(6-8-16)15(2,3)4/h5,10,17H,6-9H2,1-4H3. The zero-order valence-corrected chi connectivity index (χ0v) is 14.6. The molecular formula is C15H23NO3S2. The number of hydrogen-bond donors (Lipinski definition) is 1. The van der Waals surface area contributed by atoms with Gasteiger partial charge in [-0.2, -0.15) is 4.31 Å². The first-order valence-electron chi connectivity index (χ1n) is 7.05. The minimum Gasteiger partial charge on any atom is -0.391 e. The molecule has 1 aliphatic heterocycles. The van der Waals surface area contributed by atoms with E-state index in [9.17, 15) is 13.5 Å². The Bertz CT molecular complexity index is 651. The van der Waals surface area contributed by atoms with E-state index in [2.05, 4.69) is 20.8 Å². The first-order valence-corrected chi connectivity index (χ1v) is 9.37. The van der Waals surface area contributed by atoms with Crippen molar-refractivity contribution in [2.75, 3.05) is 13.1 Å². The molecule has 118 valence electrons. The van der Waals surface area contributed by atoms with Crippen molar-refractivity contribution in [2.24, 2.45) is 5.41 Å². The Morgan fingerprint density at radius 3 is 2.52 bits per heavy atom. The van der Waals surface area contributed by atoms with Crippen LogP contribution in [0.1, 0.15) is 37.6 Å².